The summed E-state index contributed by atoms with van der Waals surface area (Å²) in [6.07, 6.45) is 0.882. The van der Waals surface area contributed by atoms with E-state index in [4.69, 9.17) is 14.2 Å². The topological polar surface area (TPSA) is 71.5 Å². The van der Waals surface area contributed by atoms with Crippen LogP contribution < -0.4 is 9.47 Å². The van der Waals surface area contributed by atoms with Crippen molar-refractivity contribution in [1.29, 1.82) is 0 Å². The third kappa shape index (κ3) is 4.86. The summed E-state index contributed by atoms with van der Waals surface area (Å²) in [5, 5.41) is 13.3. The zero-order valence-electron chi connectivity index (χ0n) is 21.1. The fourth-order valence-electron chi connectivity index (χ4n) is 5.19. The first-order valence-corrected chi connectivity index (χ1v) is 12.8. The van der Waals surface area contributed by atoms with Crippen LogP contribution in [0.4, 0.5) is 0 Å². The second kappa shape index (κ2) is 10.8. The predicted molar refractivity (Wildman–Crippen MR) is 139 cm³/mol. The minimum atomic E-state index is -0.142. The fourth-order valence-corrected chi connectivity index (χ4v) is 5.19. The summed E-state index contributed by atoms with van der Waals surface area (Å²) in [6.45, 7) is 9.37. The lowest BCUT2D eigenvalue weighted by molar-refractivity contribution is 0.0301. The Labute approximate surface area is 212 Å². The van der Waals surface area contributed by atoms with Crippen LogP contribution in [0.25, 0.3) is 10.8 Å². The zero-order chi connectivity index (χ0) is 25.1. The molecule has 0 aliphatic carbocycles. The standard InChI is InChI=1S/C29H34N2O5/c1-3-35-26-16-20-9-10-30(18-22(20)17-27(26)36-4-2)19-25-23-8-6-5-7-21(23)15-24(28(25)32)29(33)31-11-13-34-14-12-31/h5-8,15-17,32H,3-4,9-14,18-19H2,1-2H3. The van der Waals surface area contributed by atoms with Gasteiger partial charge in [0.2, 0.25) is 0 Å². The van der Waals surface area contributed by atoms with Gasteiger partial charge in [-0.1, -0.05) is 24.3 Å². The molecule has 0 saturated carbocycles. The number of phenolic OH excluding ortho intramolecular Hbond substituents is 1. The average Bonchev–Trinajstić information content (AvgIpc) is 2.91. The largest absolute Gasteiger partial charge is 0.507 e. The number of amides is 1. The number of ether oxygens (including phenoxy) is 3. The average molecular weight is 491 g/mol. The number of fused-ring (bicyclic) bond motifs is 2. The number of rotatable bonds is 7. The molecule has 1 amide bonds. The minimum absolute atomic E-state index is 0.0812. The number of benzene rings is 3. The van der Waals surface area contributed by atoms with Gasteiger partial charge in [-0.05, 0) is 60.4 Å². The number of hydrogen-bond donors (Lipinski definition) is 1. The molecule has 0 aromatic heterocycles. The summed E-state index contributed by atoms with van der Waals surface area (Å²) < 4.78 is 17.1. The van der Waals surface area contributed by atoms with Crippen LogP contribution in [0.5, 0.6) is 17.2 Å². The zero-order valence-corrected chi connectivity index (χ0v) is 21.1. The van der Waals surface area contributed by atoms with Gasteiger partial charge < -0.3 is 24.2 Å². The number of nitrogens with zero attached hydrogens (tertiary/aromatic N) is 2. The first-order chi connectivity index (χ1) is 17.6. The van der Waals surface area contributed by atoms with Crippen molar-refractivity contribution in [2.45, 2.75) is 33.4 Å². The molecule has 0 radical (unpaired) electrons. The minimum Gasteiger partial charge on any atom is -0.507 e. The molecule has 190 valence electrons. The highest BCUT2D eigenvalue weighted by Gasteiger charge is 2.26. The number of carbonyl (C=O) groups is 1. The van der Waals surface area contributed by atoms with Gasteiger partial charge in [-0.15, -0.1) is 0 Å². The lowest BCUT2D eigenvalue weighted by Gasteiger charge is -2.31. The summed E-state index contributed by atoms with van der Waals surface area (Å²) in [5.74, 6) is 1.50. The van der Waals surface area contributed by atoms with Gasteiger partial charge in [0.25, 0.3) is 5.91 Å². The molecule has 7 heteroatoms. The summed E-state index contributed by atoms with van der Waals surface area (Å²) in [6, 6.07) is 14.0. The Kier molecular flexibility index (Phi) is 7.30. The summed E-state index contributed by atoms with van der Waals surface area (Å²) >= 11 is 0. The molecular formula is C29H34N2O5. The van der Waals surface area contributed by atoms with E-state index in [1.165, 1.54) is 11.1 Å². The van der Waals surface area contributed by atoms with Gasteiger partial charge in [-0.2, -0.15) is 0 Å². The summed E-state index contributed by atoms with van der Waals surface area (Å²) in [7, 11) is 0. The van der Waals surface area contributed by atoms with E-state index in [2.05, 4.69) is 17.0 Å². The maximum Gasteiger partial charge on any atom is 0.257 e. The van der Waals surface area contributed by atoms with Gasteiger partial charge >= 0.3 is 0 Å². The van der Waals surface area contributed by atoms with Gasteiger partial charge in [0.1, 0.15) is 5.75 Å². The van der Waals surface area contributed by atoms with E-state index in [0.29, 0.717) is 51.6 Å². The van der Waals surface area contributed by atoms with Crippen molar-refractivity contribution in [3.63, 3.8) is 0 Å². The normalized spacial score (nSPS) is 16.1. The number of phenols is 1. The highest BCUT2D eigenvalue weighted by atomic mass is 16.5. The van der Waals surface area contributed by atoms with E-state index in [0.717, 1.165) is 47.3 Å². The Morgan fingerprint density at radius 3 is 2.39 bits per heavy atom. The monoisotopic (exact) mass is 490 g/mol. The quantitative estimate of drug-likeness (QED) is 0.530. The number of aromatic hydroxyl groups is 1. The Hall–Kier alpha value is -3.29. The van der Waals surface area contributed by atoms with E-state index in [9.17, 15) is 9.90 Å². The maximum atomic E-state index is 13.3. The number of morpholine rings is 1. The molecule has 2 aliphatic heterocycles. The molecule has 0 unspecified atom stereocenters. The van der Waals surface area contributed by atoms with Crippen LogP contribution in [-0.2, 0) is 24.2 Å². The molecule has 7 nitrogen and oxygen atoms in total. The van der Waals surface area contributed by atoms with Gasteiger partial charge in [0.15, 0.2) is 11.5 Å². The highest BCUT2D eigenvalue weighted by molar-refractivity contribution is 6.03. The highest BCUT2D eigenvalue weighted by Crippen LogP contribution is 2.37. The van der Waals surface area contributed by atoms with Crippen molar-refractivity contribution in [1.82, 2.24) is 9.80 Å². The molecule has 1 fully saturated rings. The Balaban J connectivity index is 1.46. The van der Waals surface area contributed by atoms with Crippen molar-refractivity contribution in [2.75, 3.05) is 46.1 Å². The van der Waals surface area contributed by atoms with Crippen LogP contribution in [0.3, 0.4) is 0 Å². The van der Waals surface area contributed by atoms with E-state index >= 15 is 0 Å². The molecule has 3 aromatic rings. The van der Waals surface area contributed by atoms with E-state index in [1.807, 2.05) is 44.2 Å². The Morgan fingerprint density at radius 1 is 0.972 bits per heavy atom. The molecule has 2 heterocycles. The van der Waals surface area contributed by atoms with E-state index in [1.54, 1.807) is 4.90 Å². The Bertz CT molecular complexity index is 1250. The molecule has 5 rings (SSSR count). The van der Waals surface area contributed by atoms with E-state index < -0.39 is 0 Å². The van der Waals surface area contributed by atoms with Crippen LogP contribution in [0.1, 0.15) is 40.9 Å². The molecular weight excluding hydrogens is 456 g/mol. The van der Waals surface area contributed by atoms with Crippen molar-refractivity contribution >= 4 is 16.7 Å². The Morgan fingerprint density at radius 2 is 1.67 bits per heavy atom. The number of hydrogen-bond acceptors (Lipinski definition) is 6. The number of carbonyl (C=O) groups excluding carboxylic acids is 1. The van der Waals surface area contributed by atoms with Crippen molar-refractivity contribution in [2.24, 2.45) is 0 Å². The molecule has 36 heavy (non-hydrogen) atoms. The third-order valence-corrected chi connectivity index (χ3v) is 6.99. The lowest BCUT2D eigenvalue weighted by Crippen LogP contribution is -2.40. The maximum absolute atomic E-state index is 13.3. The van der Waals surface area contributed by atoms with Gasteiger partial charge in [0.05, 0.1) is 32.0 Å². The van der Waals surface area contributed by atoms with E-state index in [-0.39, 0.29) is 11.7 Å². The van der Waals surface area contributed by atoms with Crippen LogP contribution in [0, 0.1) is 0 Å². The first kappa shape index (κ1) is 24.4. The van der Waals surface area contributed by atoms with Gasteiger partial charge in [-0.3, -0.25) is 9.69 Å². The summed E-state index contributed by atoms with van der Waals surface area (Å²) in [5.41, 5.74) is 3.63. The molecule has 3 aromatic carbocycles. The first-order valence-electron chi connectivity index (χ1n) is 12.8. The van der Waals surface area contributed by atoms with Crippen molar-refractivity contribution in [3.8, 4) is 17.2 Å². The van der Waals surface area contributed by atoms with Crippen LogP contribution in [0.2, 0.25) is 0 Å². The second-order valence-corrected chi connectivity index (χ2v) is 9.27. The van der Waals surface area contributed by atoms with Crippen molar-refractivity contribution < 1.29 is 24.1 Å². The predicted octanol–water partition coefficient (Wildman–Crippen LogP) is 4.37. The SMILES string of the molecule is CCOc1cc2c(cc1OCC)CN(Cc1c(O)c(C(=O)N3CCOCC3)cc3ccccc13)CC2. The van der Waals surface area contributed by atoms with Crippen molar-refractivity contribution in [3.05, 3.63) is 64.7 Å². The summed E-state index contributed by atoms with van der Waals surface area (Å²) in [4.78, 5) is 17.4. The van der Waals surface area contributed by atoms with Crippen LogP contribution in [-0.4, -0.2) is 66.9 Å². The van der Waals surface area contributed by atoms with Gasteiger partial charge in [-0.25, -0.2) is 0 Å². The smallest absolute Gasteiger partial charge is 0.257 e. The third-order valence-electron chi connectivity index (χ3n) is 6.99. The fraction of sp³-hybridized carbons (Fsp3) is 0.414. The molecule has 2 aliphatic rings. The molecule has 0 atom stereocenters. The molecule has 1 saturated heterocycles. The van der Waals surface area contributed by atoms with Crippen LogP contribution in [0.15, 0.2) is 42.5 Å². The molecule has 0 bridgehead atoms. The lowest BCUT2D eigenvalue weighted by atomic mass is 9.95. The van der Waals surface area contributed by atoms with Gasteiger partial charge in [0, 0.05) is 38.3 Å². The second-order valence-electron chi connectivity index (χ2n) is 9.27. The van der Waals surface area contributed by atoms with Crippen LogP contribution >= 0.6 is 0 Å². The molecule has 1 N–H and O–H groups in total. The molecule has 0 spiro atoms.